The molecule has 32 heavy (non-hydrogen) atoms. The lowest BCUT2D eigenvalue weighted by Gasteiger charge is -2.34. The Bertz CT molecular complexity index is 1090. The van der Waals surface area contributed by atoms with Gasteiger partial charge in [0.15, 0.2) is 0 Å². The first-order valence-corrected chi connectivity index (χ1v) is 11.3. The molecule has 3 heterocycles. The summed E-state index contributed by atoms with van der Waals surface area (Å²) in [4.78, 5) is 24.2. The van der Waals surface area contributed by atoms with Crippen molar-refractivity contribution < 1.29 is 9.53 Å². The Labute approximate surface area is 194 Å². The molecular formula is C24H30ClN5O2. The summed E-state index contributed by atoms with van der Waals surface area (Å²) < 4.78 is 7.37. The second-order valence-electron chi connectivity index (χ2n) is 8.44. The molecule has 0 atom stereocenters. The Morgan fingerprint density at radius 1 is 1.12 bits per heavy atom. The molecule has 1 aliphatic rings. The van der Waals surface area contributed by atoms with Crippen molar-refractivity contribution in [3.63, 3.8) is 0 Å². The molecule has 7 nitrogen and oxygen atoms in total. The number of nitrogens with zero attached hydrogens (tertiary/aromatic N) is 5. The van der Waals surface area contributed by atoms with E-state index in [1.54, 1.807) is 13.2 Å². The van der Waals surface area contributed by atoms with E-state index < -0.39 is 0 Å². The van der Waals surface area contributed by atoms with Crippen molar-refractivity contribution in [3.8, 4) is 16.9 Å². The van der Waals surface area contributed by atoms with Gasteiger partial charge in [0.1, 0.15) is 17.1 Å². The zero-order chi connectivity index (χ0) is 22.7. The quantitative estimate of drug-likeness (QED) is 0.546. The molecule has 0 saturated carbocycles. The van der Waals surface area contributed by atoms with Crippen LogP contribution < -0.4 is 4.74 Å². The highest BCUT2D eigenvalue weighted by atomic mass is 35.5. The van der Waals surface area contributed by atoms with Crippen molar-refractivity contribution in [2.45, 2.75) is 6.42 Å². The highest BCUT2D eigenvalue weighted by Gasteiger charge is 2.24. The zero-order valence-corrected chi connectivity index (χ0v) is 19.7. The van der Waals surface area contributed by atoms with Gasteiger partial charge in [-0.25, -0.2) is 4.98 Å². The van der Waals surface area contributed by atoms with E-state index >= 15 is 0 Å². The van der Waals surface area contributed by atoms with Gasteiger partial charge < -0.3 is 18.9 Å². The Morgan fingerprint density at radius 2 is 1.91 bits per heavy atom. The number of ether oxygens (including phenoxy) is 1. The molecule has 0 bridgehead atoms. The molecule has 8 heteroatoms. The third-order valence-electron chi connectivity index (χ3n) is 5.88. The van der Waals surface area contributed by atoms with Crippen LogP contribution in [-0.4, -0.2) is 90.5 Å². The number of methoxy groups -OCH3 is 1. The summed E-state index contributed by atoms with van der Waals surface area (Å²) in [6.07, 6.45) is 4.91. The minimum atomic E-state index is -0.0106. The number of imidazole rings is 1. The number of carbonyl (C=O) groups is 1. The summed E-state index contributed by atoms with van der Waals surface area (Å²) in [7, 11) is 5.83. The monoisotopic (exact) mass is 455 g/mol. The minimum absolute atomic E-state index is 0.0106. The largest absolute Gasteiger partial charge is 0.496 e. The number of amides is 1. The van der Waals surface area contributed by atoms with E-state index in [-0.39, 0.29) is 5.91 Å². The van der Waals surface area contributed by atoms with Gasteiger partial charge in [0.05, 0.1) is 7.11 Å². The number of pyridine rings is 1. The van der Waals surface area contributed by atoms with E-state index in [4.69, 9.17) is 16.3 Å². The summed E-state index contributed by atoms with van der Waals surface area (Å²) in [5.74, 6) is 0.733. The first-order valence-electron chi connectivity index (χ1n) is 10.9. The van der Waals surface area contributed by atoms with Crippen LogP contribution in [0.5, 0.6) is 5.75 Å². The van der Waals surface area contributed by atoms with Crippen molar-refractivity contribution in [2.75, 3.05) is 60.5 Å². The van der Waals surface area contributed by atoms with Crippen molar-refractivity contribution in [1.82, 2.24) is 24.1 Å². The second-order valence-corrected chi connectivity index (χ2v) is 8.88. The summed E-state index contributed by atoms with van der Waals surface area (Å²) in [6.45, 7) is 5.45. The predicted molar refractivity (Wildman–Crippen MR) is 128 cm³/mol. The zero-order valence-electron chi connectivity index (χ0n) is 18.9. The van der Waals surface area contributed by atoms with Gasteiger partial charge in [-0.2, -0.15) is 0 Å². The van der Waals surface area contributed by atoms with Gasteiger partial charge in [0, 0.05) is 54.7 Å². The molecule has 1 saturated heterocycles. The van der Waals surface area contributed by atoms with E-state index in [0.717, 1.165) is 68.2 Å². The van der Waals surface area contributed by atoms with Crippen molar-refractivity contribution >= 4 is 23.2 Å². The van der Waals surface area contributed by atoms with Gasteiger partial charge in [0.2, 0.25) is 0 Å². The highest BCUT2D eigenvalue weighted by molar-refractivity contribution is 6.31. The van der Waals surface area contributed by atoms with Crippen LogP contribution in [0.15, 0.2) is 42.7 Å². The van der Waals surface area contributed by atoms with Gasteiger partial charge in [0.25, 0.3) is 5.91 Å². The maximum absolute atomic E-state index is 13.1. The molecule has 3 aromatic rings. The first kappa shape index (κ1) is 22.6. The van der Waals surface area contributed by atoms with Crippen LogP contribution in [0.25, 0.3) is 16.8 Å². The third-order valence-corrected chi connectivity index (χ3v) is 6.12. The van der Waals surface area contributed by atoms with Crippen LogP contribution >= 0.6 is 11.6 Å². The van der Waals surface area contributed by atoms with Gasteiger partial charge in [-0.3, -0.25) is 9.69 Å². The molecular weight excluding hydrogens is 426 g/mol. The molecule has 0 unspecified atom stereocenters. The smallest absolute Gasteiger partial charge is 0.274 e. The number of piperazine rings is 1. The maximum Gasteiger partial charge on any atom is 0.274 e. The Kier molecular flexibility index (Phi) is 6.98. The number of hydrogen-bond donors (Lipinski definition) is 0. The molecule has 1 aromatic carbocycles. The van der Waals surface area contributed by atoms with Gasteiger partial charge in [-0.05, 0) is 63.9 Å². The number of rotatable bonds is 7. The molecule has 1 amide bonds. The van der Waals surface area contributed by atoms with Gasteiger partial charge >= 0.3 is 0 Å². The number of hydrogen-bond acceptors (Lipinski definition) is 5. The lowest BCUT2D eigenvalue weighted by Crippen LogP contribution is -2.49. The summed E-state index contributed by atoms with van der Waals surface area (Å²) in [6, 6.07) is 9.41. The van der Waals surface area contributed by atoms with Crippen molar-refractivity contribution in [3.05, 3.63) is 53.4 Å². The van der Waals surface area contributed by atoms with Crippen LogP contribution in [0.4, 0.5) is 0 Å². The number of aromatic nitrogens is 2. The molecule has 1 aliphatic heterocycles. The first-order chi connectivity index (χ1) is 15.4. The van der Waals surface area contributed by atoms with Gasteiger partial charge in [-0.1, -0.05) is 11.6 Å². The summed E-state index contributed by atoms with van der Waals surface area (Å²) in [5.41, 5.74) is 3.05. The molecule has 1 fully saturated rings. The average Bonchev–Trinajstić information content (AvgIpc) is 3.22. The minimum Gasteiger partial charge on any atom is -0.496 e. The van der Waals surface area contributed by atoms with Crippen LogP contribution in [0, 0.1) is 0 Å². The fourth-order valence-corrected chi connectivity index (χ4v) is 4.28. The van der Waals surface area contributed by atoms with E-state index in [2.05, 4.69) is 28.9 Å². The van der Waals surface area contributed by atoms with Crippen molar-refractivity contribution in [1.29, 1.82) is 0 Å². The van der Waals surface area contributed by atoms with Crippen LogP contribution in [0.1, 0.15) is 16.9 Å². The van der Waals surface area contributed by atoms with Crippen molar-refractivity contribution in [2.24, 2.45) is 0 Å². The van der Waals surface area contributed by atoms with E-state index in [9.17, 15) is 4.79 Å². The number of benzene rings is 1. The normalized spacial score (nSPS) is 15.0. The fraction of sp³-hybridized carbons (Fsp3) is 0.417. The van der Waals surface area contributed by atoms with E-state index in [1.165, 1.54) is 0 Å². The standard InChI is InChI=1S/C24H30ClN5O2/c1-27(2)9-4-10-28-11-13-29(14-12-28)24(31)21-17-30-16-18(5-8-23(30)26-21)20-15-19(25)6-7-22(20)32-3/h5-8,15-17H,4,9-14H2,1-3H3. The lowest BCUT2D eigenvalue weighted by atomic mass is 10.1. The fourth-order valence-electron chi connectivity index (χ4n) is 4.11. The summed E-state index contributed by atoms with van der Waals surface area (Å²) >= 11 is 6.20. The SMILES string of the molecule is COc1ccc(Cl)cc1-c1ccc2nc(C(=O)N3CCN(CCCN(C)C)CC3)cn2c1. The molecule has 0 aliphatic carbocycles. The molecule has 4 rings (SSSR count). The third kappa shape index (κ3) is 5.06. The van der Waals surface area contributed by atoms with Crippen LogP contribution in [0.3, 0.4) is 0 Å². The number of carbonyl (C=O) groups excluding carboxylic acids is 1. The van der Waals surface area contributed by atoms with E-state index in [0.29, 0.717) is 10.7 Å². The predicted octanol–water partition coefficient (Wildman–Crippen LogP) is 3.37. The Morgan fingerprint density at radius 3 is 2.62 bits per heavy atom. The van der Waals surface area contributed by atoms with Gasteiger partial charge in [-0.15, -0.1) is 0 Å². The molecule has 170 valence electrons. The van der Waals surface area contributed by atoms with Crippen LogP contribution in [-0.2, 0) is 0 Å². The average molecular weight is 456 g/mol. The second kappa shape index (κ2) is 9.90. The highest BCUT2D eigenvalue weighted by Crippen LogP contribution is 2.32. The molecule has 2 aromatic heterocycles. The number of fused-ring (bicyclic) bond motifs is 1. The number of halogens is 1. The lowest BCUT2D eigenvalue weighted by molar-refractivity contribution is 0.0628. The Hall–Kier alpha value is -2.61. The topological polar surface area (TPSA) is 53.3 Å². The molecule has 0 spiro atoms. The molecule has 0 radical (unpaired) electrons. The Balaban J connectivity index is 1.46. The maximum atomic E-state index is 13.1. The summed E-state index contributed by atoms with van der Waals surface area (Å²) in [5, 5.41) is 0.642. The van der Waals surface area contributed by atoms with Crippen LogP contribution in [0.2, 0.25) is 5.02 Å². The molecule has 0 N–H and O–H groups in total. The van der Waals surface area contributed by atoms with E-state index in [1.807, 2.05) is 46.0 Å².